The second-order valence-electron chi connectivity index (χ2n) is 6.72. The van der Waals surface area contributed by atoms with Crippen molar-refractivity contribution < 1.29 is 14.2 Å². The van der Waals surface area contributed by atoms with Crippen LogP contribution in [-0.2, 0) is 6.42 Å². The lowest BCUT2D eigenvalue weighted by Gasteiger charge is -2.12. The third kappa shape index (κ3) is 5.54. The van der Waals surface area contributed by atoms with Crippen LogP contribution in [0.3, 0.4) is 0 Å². The van der Waals surface area contributed by atoms with E-state index in [9.17, 15) is 0 Å². The number of hydrogen-bond acceptors (Lipinski definition) is 4. The quantitative estimate of drug-likeness (QED) is 0.602. The van der Waals surface area contributed by atoms with E-state index in [1.54, 1.807) is 7.11 Å². The molecule has 6 nitrogen and oxygen atoms in total. The molecule has 6 heteroatoms. The molecule has 144 valence electrons. The fourth-order valence-corrected chi connectivity index (χ4v) is 2.91. The lowest BCUT2D eigenvalue weighted by atomic mass is 10.0. The van der Waals surface area contributed by atoms with Gasteiger partial charge in [0.25, 0.3) is 0 Å². The third-order valence-electron chi connectivity index (χ3n) is 4.34. The summed E-state index contributed by atoms with van der Waals surface area (Å²) in [5, 5.41) is 3.12. The van der Waals surface area contributed by atoms with Crippen molar-refractivity contribution in [1.29, 1.82) is 0 Å². The summed E-state index contributed by atoms with van der Waals surface area (Å²) in [6.07, 6.45) is 1.82. The molecular formula is C21H27N3O3. The number of guanidine groups is 1. The van der Waals surface area contributed by atoms with Crippen LogP contribution in [-0.4, -0.2) is 32.8 Å². The van der Waals surface area contributed by atoms with Crippen molar-refractivity contribution in [3.8, 4) is 17.2 Å². The van der Waals surface area contributed by atoms with Crippen LogP contribution in [0.4, 0.5) is 5.69 Å². The highest BCUT2D eigenvalue weighted by molar-refractivity contribution is 5.92. The minimum absolute atomic E-state index is 0.377. The molecule has 0 spiro atoms. The molecule has 0 amide bonds. The number of aliphatic imine (C=N–C) groups is 1. The summed E-state index contributed by atoms with van der Waals surface area (Å²) in [6, 6.07) is 13.8. The van der Waals surface area contributed by atoms with Crippen molar-refractivity contribution in [1.82, 2.24) is 0 Å². The Morgan fingerprint density at radius 1 is 1.15 bits per heavy atom. The Hall–Kier alpha value is -2.89. The second kappa shape index (κ2) is 9.16. The van der Waals surface area contributed by atoms with Gasteiger partial charge in [-0.15, -0.1) is 0 Å². The molecule has 3 N–H and O–H groups in total. The smallest absolute Gasteiger partial charge is 0.193 e. The topological polar surface area (TPSA) is 78.1 Å². The number of nitrogens with two attached hydrogens (primary N) is 1. The monoisotopic (exact) mass is 369 g/mol. The van der Waals surface area contributed by atoms with Crippen LogP contribution in [0.25, 0.3) is 0 Å². The fourth-order valence-electron chi connectivity index (χ4n) is 2.91. The van der Waals surface area contributed by atoms with Gasteiger partial charge in [-0.1, -0.05) is 19.1 Å². The number of anilines is 1. The molecule has 1 aliphatic heterocycles. The maximum Gasteiger partial charge on any atom is 0.193 e. The van der Waals surface area contributed by atoms with E-state index >= 15 is 0 Å². The molecule has 2 aromatic rings. The number of benzene rings is 2. The number of ether oxygens (including phenoxy) is 3. The minimum atomic E-state index is 0.377. The second-order valence-corrected chi connectivity index (χ2v) is 6.72. The van der Waals surface area contributed by atoms with Gasteiger partial charge < -0.3 is 25.3 Å². The van der Waals surface area contributed by atoms with Crippen molar-refractivity contribution in [2.45, 2.75) is 19.8 Å². The Kier molecular flexibility index (Phi) is 6.41. The first-order valence-electron chi connectivity index (χ1n) is 9.23. The average Bonchev–Trinajstić information content (AvgIpc) is 2.92. The first kappa shape index (κ1) is 18.9. The number of hydrogen-bond donors (Lipinski definition) is 2. The molecule has 0 bridgehead atoms. The molecule has 1 heterocycles. The van der Waals surface area contributed by atoms with Crippen molar-refractivity contribution in [2.24, 2.45) is 16.6 Å². The highest BCUT2D eigenvalue weighted by atomic mass is 16.5. The maximum atomic E-state index is 6.04. The zero-order chi connectivity index (χ0) is 19.1. The first-order valence-corrected chi connectivity index (χ1v) is 9.23. The van der Waals surface area contributed by atoms with Gasteiger partial charge in [0.1, 0.15) is 5.75 Å². The minimum Gasteiger partial charge on any atom is -0.497 e. The number of methoxy groups -OCH3 is 1. The highest BCUT2D eigenvalue weighted by Crippen LogP contribution is 2.32. The zero-order valence-electron chi connectivity index (χ0n) is 15.9. The normalized spacial score (nSPS) is 15.0. The summed E-state index contributed by atoms with van der Waals surface area (Å²) in [4.78, 5) is 4.47. The Bertz CT molecular complexity index is 775. The van der Waals surface area contributed by atoms with E-state index in [-0.39, 0.29) is 0 Å². The van der Waals surface area contributed by atoms with Crippen LogP contribution in [0.1, 0.15) is 18.9 Å². The van der Waals surface area contributed by atoms with E-state index < -0.39 is 0 Å². The summed E-state index contributed by atoms with van der Waals surface area (Å²) in [7, 11) is 1.67. The SMILES string of the molecule is COc1ccc(CC(C)CN=C(N)Nc2ccc3c(c2)OCCCO3)cc1. The van der Waals surface area contributed by atoms with Crippen LogP contribution >= 0.6 is 0 Å². The molecule has 0 aliphatic carbocycles. The van der Waals surface area contributed by atoms with Gasteiger partial charge in [-0.25, -0.2) is 0 Å². The number of nitrogens with one attached hydrogen (secondary N) is 1. The lowest BCUT2D eigenvalue weighted by molar-refractivity contribution is 0.297. The van der Waals surface area contributed by atoms with Gasteiger partial charge in [0, 0.05) is 24.7 Å². The van der Waals surface area contributed by atoms with Gasteiger partial charge in [0.05, 0.1) is 20.3 Å². The van der Waals surface area contributed by atoms with Gasteiger partial charge in [0.2, 0.25) is 0 Å². The maximum absolute atomic E-state index is 6.04. The molecule has 1 aliphatic rings. The molecule has 0 fully saturated rings. The Morgan fingerprint density at radius 2 is 1.89 bits per heavy atom. The summed E-state index contributed by atoms with van der Waals surface area (Å²) < 4.78 is 16.5. The molecule has 0 aromatic heterocycles. The number of nitrogens with zero attached hydrogens (tertiary/aromatic N) is 1. The van der Waals surface area contributed by atoms with Crippen molar-refractivity contribution in [3.63, 3.8) is 0 Å². The van der Waals surface area contributed by atoms with Crippen molar-refractivity contribution >= 4 is 11.6 Å². The van der Waals surface area contributed by atoms with E-state index in [4.69, 9.17) is 19.9 Å². The largest absolute Gasteiger partial charge is 0.497 e. The molecule has 3 rings (SSSR count). The highest BCUT2D eigenvalue weighted by Gasteiger charge is 2.11. The Morgan fingerprint density at radius 3 is 2.63 bits per heavy atom. The molecule has 1 unspecified atom stereocenters. The average molecular weight is 369 g/mol. The van der Waals surface area contributed by atoms with Crippen molar-refractivity contribution in [3.05, 3.63) is 48.0 Å². The summed E-state index contributed by atoms with van der Waals surface area (Å²) in [5.41, 5.74) is 8.14. The number of fused-ring (bicyclic) bond motifs is 1. The van der Waals surface area contributed by atoms with E-state index in [0.717, 1.165) is 35.8 Å². The molecule has 0 saturated carbocycles. The first-order chi connectivity index (χ1) is 13.1. The Balaban J connectivity index is 1.53. The van der Waals surface area contributed by atoms with E-state index in [0.29, 0.717) is 31.6 Å². The van der Waals surface area contributed by atoms with Crippen LogP contribution in [0, 0.1) is 5.92 Å². The zero-order valence-corrected chi connectivity index (χ0v) is 15.9. The predicted molar refractivity (Wildman–Crippen MR) is 108 cm³/mol. The van der Waals surface area contributed by atoms with E-state index in [1.807, 2.05) is 30.3 Å². The standard InChI is InChI=1S/C21H27N3O3/c1-15(12-16-4-7-18(25-2)8-5-16)14-23-21(22)24-17-6-9-19-20(13-17)27-11-3-10-26-19/h4-9,13,15H,3,10-12,14H2,1-2H3,(H3,22,23,24). The van der Waals surface area contributed by atoms with Gasteiger partial charge in [-0.3, -0.25) is 4.99 Å². The summed E-state index contributed by atoms with van der Waals surface area (Å²) >= 11 is 0. The van der Waals surface area contributed by atoms with Crippen molar-refractivity contribution in [2.75, 3.05) is 32.2 Å². The third-order valence-corrected chi connectivity index (χ3v) is 4.34. The Labute approximate surface area is 160 Å². The van der Waals surface area contributed by atoms with Crippen LogP contribution in [0.2, 0.25) is 0 Å². The van der Waals surface area contributed by atoms with Gasteiger partial charge in [-0.2, -0.15) is 0 Å². The number of rotatable bonds is 6. The molecule has 0 radical (unpaired) electrons. The molecule has 2 aromatic carbocycles. The summed E-state index contributed by atoms with van der Waals surface area (Å²) in [5.74, 6) is 3.14. The molecule has 27 heavy (non-hydrogen) atoms. The lowest BCUT2D eigenvalue weighted by Crippen LogP contribution is -2.23. The van der Waals surface area contributed by atoms with Crippen LogP contribution < -0.4 is 25.3 Å². The van der Waals surface area contributed by atoms with Gasteiger partial charge in [-0.05, 0) is 42.2 Å². The van der Waals surface area contributed by atoms with Crippen LogP contribution in [0.5, 0.6) is 17.2 Å². The summed E-state index contributed by atoms with van der Waals surface area (Å²) in [6.45, 7) is 4.14. The van der Waals surface area contributed by atoms with Crippen LogP contribution in [0.15, 0.2) is 47.5 Å². The molecule has 1 atom stereocenters. The molecule has 0 saturated heterocycles. The van der Waals surface area contributed by atoms with Gasteiger partial charge >= 0.3 is 0 Å². The molecular weight excluding hydrogens is 342 g/mol. The van der Waals surface area contributed by atoms with Gasteiger partial charge in [0.15, 0.2) is 17.5 Å². The van der Waals surface area contributed by atoms with E-state index in [1.165, 1.54) is 5.56 Å². The van der Waals surface area contributed by atoms with E-state index in [2.05, 4.69) is 29.4 Å². The predicted octanol–water partition coefficient (Wildman–Crippen LogP) is 3.46. The fraction of sp³-hybridized carbons (Fsp3) is 0.381.